The maximum atomic E-state index is 13.4. The van der Waals surface area contributed by atoms with Gasteiger partial charge < -0.3 is 9.05 Å². The monoisotopic (exact) mass is 414 g/mol. The molecule has 1 aromatic rings. The van der Waals surface area contributed by atoms with E-state index in [1.807, 2.05) is 13.8 Å². The predicted molar refractivity (Wildman–Crippen MR) is 121 cm³/mol. The molecule has 3 nitrogen and oxygen atoms in total. The third-order valence-electron chi connectivity index (χ3n) is 4.47. The normalized spacial score (nSPS) is 14.3. The van der Waals surface area contributed by atoms with Gasteiger partial charge in [0.1, 0.15) is 0 Å². The van der Waals surface area contributed by atoms with Crippen molar-refractivity contribution < 1.29 is 13.6 Å². The van der Waals surface area contributed by atoms with E-state index in [9.17, 15) is 4.57 Å². The maximum absolute atomic E-state index is 13.4. The molecule has 0 amide bonds. The third kappa shape index (κ3) is 6.67. The SMILES string of the molecule is CCOP(=O)(OCC)Pc1c(C(C)(C)C)cc(C(C)(C)C)cc1C(C)(C)C. The summed E-state index contributed by atoms with van der Waals surface area (Å²) in [6, 6.07) is 4.61. The zero-order valence-electron chi connectivity index (χ0n) is 19.2. The van der Waals surface area contributed by atoms with E-state index >= 15 is 0 Å². The van der Waals surface area contributed by atoms with Gasteiger partial charge in [-0.05, 0) is 52.1 Å². The van der Waals surface area contributed by atoms with E-state index in [1.165, 1.54) is 16.7 Å². The van der Waals surface area contributed by atoms with Crippen LogP contribution in [0.1, 0.15) is 92.9 Å². The number of rotatable bonds is 6. The Balaban J connectivity index is 3.81. The fraction of sp³-hybridized carbons (Fsp3) is 0.727. The first kappa shape index (κ1) is 24.8. The molecule has 0 saturated heterocycles. The van der Waals surface area contributed by atoms with Crippen molar-refractivity contribution in [2.45, 2.75) is 92.4 Å². The van der Waals surface area contributed by atoms with Gasteiger partial charge in [-0.3, -0.25) is 4.57 Å². The van der Waals surface area contributed by atoms with Crippen LogP contribution in [0, 0.1) is 0 Å². The molecule has 0 aromatic heterocycles. The van der Waals surface area contributed by atoms with E-state index in [-0.39, 0.29) is 24.5 Å². The van der Waals surface area contributed by atoms with Crippen molar-refractivity contribution >= 4 is 20.9 Å². The maximum Gasteiger partial charge on any atom is 0.350 e. The second-order valence-electron chi connectivity index (χ2n) is 10.1. The van der Waals surface area contributed by atoms with Crippen LogP contribution >= 0.6 is 15.6 Å². The zero-order valence-corrected chi connectivity index (χ0v) is 21.1. The van der Waals surface area contributed by atoms with Gasteiger partial charge >= 0.3 is 7.28 Å². The van der Waals surface area contributed by atoms with Crippen LogP contribution in [-0.2, 0) is 29.9 Å². The van der Waals surface area contributed by atoms with Crippen LogP contribution in [0.3, 0.4) is 0 Å². The highest BCUT2D eigenvalue weighted by Gasteiger charge is 2.34. The van der Waals surface area contributed by atoms with Gasteiger partial charge in [-0.25, -0.2) is 0 Å². The third-order valence-corrected chi connectivity index (χ3v) is 8.97. The first-order chi connectivity index (χ1) is 12.0. The van der Waals surface area contributed by atoms with E-state index in [1.54, 1.807) is 0 Å². The van der Waals surface area contributed by atoms with Crippen molar-refractivity contribution in [2.24, 2.45) is 0 Å². The second kappa shape index (κ2) is 8.66. The highest BCUT2D eigenvalue weighted by Crippen LogP contribution is 2.66. The van der Waals surface area contributed by atoms with E-state index in [0.717, 1.165) is 5.30 Å². The summed E-state index contributed by atoms with van der Waals surface area (Å²) in [5.41, 5.74) is 3.73. The predicted octanol–water partition coefficient (Wildman–Crippen LogP) is 7.06. The zero-order chi connectivity index (χ0) is 21.3. The van der Waals surface area contributed by atoms with E-state index in [0.29, 0.717) is 13.2 Å². The van der Waals surface area contributed by atoms with Gasteiger partial charge in [-0.2, -0.15) is 0 Å². The van der Waals surface area contributed by atoms with Crippen molar-refractivity contribution in [2.75, 3.05) is 13.2 Å². The number of hydrogen-bond acceptors (Lipinski definition) is 3. The van der Waals surface area contributed by atoms with E-state index in [4.69, 9.17) is 9.05 Å². The van der Waals surface area contributed by atoms with Gasteiger partial charge in [0.15, 0.2) is 0 Å². The van der Waals surface area contributed by atoms with Crippen molar-refractivity contribution in [3.63, 3.8) is 0 Å². The van der Waals surface area contributed by atoms with Crippen LogP contribution in [0.25, 0.3) is 0 Å². The van der Waals surface area contributed by atoms with Crippen LogP contribution < -0.4 is 5.30 Å². The van der Waals surface area contributed by atoms with Crippen molar-refractivity contribution in [1.82, 2.24) is 0 Å². The summed E-state index contributed by atoms with van der Waals surface area (Å²) in [6.07, 6.45) is 0. The number of benzene rings is 1. The summed E-state index contributed by atoms with van der Waals surface area (Å²) < 4.78 is 24.7. The molecule has 0 aliphatic rings. The average Bonchev–Trinajstić information content (AvgIpc) is 2.43. The Bertz CT molecular complexity index is 644. The fourth-order valence-electron chi connectivity index (χ4n) is 2.96. The Morgan fingerprint density at radius 2 is 1.15 bits per heavy atom. The summed E-state index contributed by atoms with van der Waals surface area (Å²) in [5, 5.41) is 1.15. The van der Waals surface area contributed by atoms with Crippen LogP contribution in [-0.4, -0.2) is 13.2 Å². The molecule has 0 spiro atoms. The molecular formula is C22H40O3P2. The molecule has 5 heteroatoms. The molecule has 0 bridgehead atoms. The van der Waals surface area contributed by atoms with Crippen LogP contribution in [0.15, 0.2) is 12.1 Å². The van der Waals surface area contributed by atoms with Gasteiger partial charge in [0.2, 0.25) is 0 Å². The molecular weight excluding hydrogens is 374 g/mol. The van der Waals surface area contributed by atoms with E-state index in [2.05, 4.69) is 74.4 Å². The molecule has 0 aliphatic carbocycles. The standard InChI is InChI=1S/C22H40O3P2/c1-12-24-27(23,25-13-2)26-19-17(21(6,7)8)14-16(20(3,4)5)15-18(19)22(9,10)11/h14-15,26H,12-13H2,1-11H3. The second-order valence-corrected chi connectivity index (χ2v) is 14.7. The lowest BCUT2D eigenvalue weighted by Crippen LogP contribution is -2.30. The molecule has 1 unspecified atom stereocenters. The van der Waals surface area contributed by atoms with Crippen LogP contribution in [0.5, 0.6) is 0 Å². The summed E-state index contributed by atoms with van der Waals surface area (Å²) in [7, 11) is -3.16. The Morgan fingerprint density at radius 1 is 0.778 bits per heavy atom. The van der Waals surface area contributed by atoms with Gasteiger partial charge in [0.25, 0.3) is 0 Å². The molecule has 1 atom stereocenters. The Hall–Kier alpha value is -0.200. The summed E-state index contributed by atoms with van der Waals surface area (Å²) in [6.45, 7) is 24.6. The van der Waals surface area contributed by atoms with Gasteiger partial charge in [0, 0.05) is 8.27 Å². The minimum atomic E-state index is -3.16. The molecule has 156 valence electrons. The van der Waals surface area contributed by atoms with Gasteiger partial charge in [0.05, 0.1) is 13.2 Å². The average molecular weight is 415 g/mol. The molecule has 0 saturated carbocycles. The Labute approximate surface area is 169 Å². The summed E-state index contributed by atoms with van der Waals surface area (Å²) >= 11 is 0. The lowest BCUT2D eigenvalue weighted by molar-refractivity contribution is 0.236. The Morgan fingerprint density at radius 3 is 1.41 bits per heavy atom. The molecule has 27 heavy (non-hydrogen) atoms. The summed E-state index contributed by atoms with van der Waals surface area (Å²) in [4.78, 5) is 0. The molecule has 0 N–H and O–H groups in total. The lowest BCUT2D eigenvalue weighted by Gasteiger charge is -2.34. The lowest BCUT2D eigenvalue weighted by atomic mass is 9.75. The van der Waals surface area contributed by atoms with Crippen LogP contribution in [0.2, 0.25) is 0 Å². The molecule has 0 fully saturated rings. The fourth-order valence-corrected chi connectivity index (χ4v) is 7.96. The molecule has 0 radical (unpaired) electrons. The number of hydrogen-bond donors (Lipinski definition) is 0. The smallest absolute Gasteiger partial charge is 0.306 e. The minimum absolute atomic E-state index is 0.00218. The highest BCUT2D eigenvalue weighted by molar-refractivity contribution is 8.23. The molecule has 0 heterocycles. The van der Waals surface area contributed by atoms with E-state index < -0.39 is 7.28 Å². The highest BCUT2D eigenvalue weighted by atomic mass is 32.1. The largest absolute Gasteiger partial charge is 0.350 e. The first-order valence-electron chi connectivity index (χ1n) is 9.92. The first-order valence-corrected chi connectivity index (χ1v) is 13.3. The molecule has 1 rings (SSSR count). The molecule has 1 aromatic carbocycles. The quantitative estimate of drug-likeness (QED) is 0.467. The van der Waals surface area contributed by atoms with Crippen LogP contribution in [0.4, 0.5) is 0 Å². The van der Waals surface area contributed by atoms with Crippen molar-refractivity contribution in [3.05, 3.63) is 28.8 Å². The van der Waals surface area contributed by atoms with Crippen molar-refractivity contribution in [1.29, 1.82) is 0 Å². The van der Waals surface area contributed by atoms with Gasteiger partial charge in [-0.1, -0.05) is 74.4 Å². The molecule has 0 aliphatic heterocycles. The van der Waals surface area contributed by atoms with Crippen molar-refractivity contribution in [3.8, 4) is 0 Å². The topological polar surface area (TPSA) is 35.5 Å². The van der Waals surface area contributed by atoms with Gasteiger partial charge in [-0.15, -0.1) is 0 Å². The summed E-state index contributed by atoms with van der Waals surface area (Å²) in [5.74, 6) is 0. The minimum Gasteiger partial charge on any atom is -0.306 e. The Kier molecular flexibility index (Phi) is 7.97.